The smallest absolute Gasteiger partial charge is 0.222 e. The number of nitrogens with zero attached hydrogens (tertiary/aromatic N) is 2. The number of nitrogens with two attached hydrogens (primary N) is 2. The van der Waals surface area contributed by atoms with Gasteiger partial charge in [0.2, 0.25) is 5.91 Å². The van der Waals surface area contributed by atoms with Gasteiger partial charge in [-0.2, -0.15) is 5.10 Å². The Labute approximate surface area is 94.0 Å². The van der Waals surface area contributed by atoms with Gasteiger partial charge in [-0.3, -0.25) is 9.89 Å². The highest BCUT2D eigenvalue weighted by Gasteiger charge is 2.30. The summed E-state index contributed by atoms with van der Waals surface area (Å²) in [5, 5.41) is 6.59. The normalized spacial score (nSPS) is 25.7. The average Bonchev–Trinajstić information content (AvgIpc) is 2.65. The molecule has 6 nitrogen and oxygen atoms in total. The van der Waals surface area contributed by atoms with Crippen LogP contribution in [0.4, 0.5) is 11.5 Å². The van der Waals surface area contributed by atoms with Gasteiger partial charge in [0.25, 0.3) is 0 Å². The first-order valence-corrected chi connectivity index (χ1v) is 5.44. The molecule has 88 valence electrons. The predicted octanol–water partition coefficient (Wildman–Crippen LogP) is 0.0821. The summed E-state index contributed by atoms with van der Waals surface area (Å²) in [5.74, 6) is 0.210. The monoisotopic (exact) mass is 223 g/mol. The van der Waals surface area contributed by atoms with Gasteiger partial charge in [0, 0.05) is 12.6 Å². The number of carbonyl (C=O) groups excluding carboxylic acids is 1. The summed E-state index contributed by atoms with van der Waals surface area (Å²) in [7, 11) is 0. The van der Waals surface area contributed by atoms with Gasteiger partial charge >= 0.3 is 0 Å². The maximum absolute atomic E-state index is 11.2. The third-order valence-electron chi connectivity index (χ3n) is 3.24. The quantitative estimate of drug-likeness (QED) is 0.661. The number of nitrogen functional groups attached to an aromatic ring is 1. The summed E-state index contributed by atoms with van der Waals surface area (Å²) < 4.78 is 0. The maximum atomic E-state index is 11.2. The standard InChI is InChI=1S/C10H17N5O/c1-6-2-3-7(10(12)16)5-15(6)8-4-13-14-9(8)11/h4,6-7H,2-3,5H2,1H3,(H2,12,16)(H3,11,13,14). The molecule has 0 radical (unpaired) electrons. The molecule has 1 aliphatic rings. The second kappa shape index (κ2) is 4.03. The van der Waals surface area contributed by atoms with Crippen molar-refractivity contribution < 1.29 is 4.79 Å². The van der Waals surface area contributed by atoms with Crippen LogP contribution in [0.1, 0.15) is 19.8 Å². The van der Waals surface area contributed by atoms with Crippen molar-refractivity contribution >= 4 is 17.4 Å². The van der Waals surface area contributed by atoms with Gasteiger partial charge in [-0.25, -0.2) is 0 Å². The molecule has 2 unspecified atom stereocenters. The summed E-state index contributed by atoms with van der Waals surface area (Å²) in [6.45, 7) is 2.74. The number of hydrogen-bond donors (Lipinski definition) is 3. The molecule has 1 fully saturated rings. The lowest BCUT2D eigenvalue weighted by molar-refractivity contribution is -0.122. The molecule has 1 aromatic heterocycles. The van der Waals surface area contributed by atoms with E-state index >= 15 is 0 Å². The van der Waals surface area contributed by atoms with Gasteiger partial charge in [-0.15, -0.1) is 0 Å². The van der Waals surface area contributed by atoms with Crippen molar-refractivity contribution in [2.24, 2.45) is 11.7 Å². The van der Waals surface area contributed by atoms with Crippen LogP contribution >= 0.6 is 0 Å². The molecule has 1 aliphatic heterocycles. The van der Waals surface area contributed by atoms with Gasteiger partial charge in [-0.1, -0.05) is 0 Å². The van der Waals surface area contributed by atoms with Crippen molar-refractivity contribution in [3.8, 4) is 0 Å². The minimum absolute atomic E-state index is 0.0921. The lowest BCUT2D eigenvalue weighted by atomic mass is 9.92. The van der Waals surface area contributed by atoms with Crippen LogP contribution in [0, 0.1) is 5.92 Å². The second-order valence-corrected chi connectivity index (χ2v) is 4.35. The Morgan fingerprint density at radius 2 is 2.38 bits per heavy atom. The summed E-state index contributed by atoms with van der Waals surface area (Å²) >= 11 is 0. The Bertz CT molecular complexity index is 388. The largest absolute Gasteiger partial charge is 0.382 e. The first-order valence-electron chi connectivity index (χ1n) is 5.44. The number of nitrogens with one attached hydrogen (secondary N) is 1. The Morgan fingerprint density at radius 3 is 2.94 bits per heavy atom. The van der Waals surface area contributed by atoms with E-state index < -0.39 is 0 Å². The molecule has 6 heteroatoms. The second-order valence-electron chi connectivity index (χ2n) is 4.35. The zero-order valence-electron chi connectivity index (χ0n) is 9.31. The number of aromatic amines is 1. The highest BCUT2D eigenvalue weighted by Crippen LogP contribution is 2.29. The van der Waals surface area contributed by atoms with E-state index in [1.165, 1.54) is 0 Å². The predicted molar refractivity (Wildman–Crippen MR) is 61.7 cm³/mol. The Kier molecular flexibility index (Phi) is 2.72. The van der Waals surface area contributed by atoms with E-state index in [9.17, 15) is 4.79 Å². The molecule has 2 heterocycles. The molecule has 1 aromatic rings. The molecule has 16 heavy (non-hydrogen) atoms. The number of amides is 1. The van der Waals surface area contributed by atoms with Crippen molar-refractivity contribution in [2.75, 3.05) is 17.2 Å². The molecule has 5 N–H and O–H groups in total. The van der Waals surface area contributed by atoms with Crippen molar-refractivity contribution in [3.05, 3.63) is 6.20 Å². The van der Waals surface area contributed by atoms with Crippen molar-refractivity contribution in [2.45, 2.75) is 25.8 Å². The summed E-state index contributed by atoms with van der Waals surface area (Å²) in [5.41, 5.74) is 12.0. The van der Waals surface area contributed by atoms with E-state index in [1.807, 2.05) is 0 Å². The lowest BCUT2D eigenvalue weighted by Gasteiger charge is -2.37. The molecule has 2 atom stereocenters. The lowest BCUT2D eigenvalue weighted by Crippen LogP contribution is -2.46. The van der Waals surface area contributed by atoms with Gasteiger partial charge < -0.3 is 16.4 Å². The first-order chi connectivity index (χ1) is 7.59. The minimum Gasteiger partial charge on any atom is -0.382 e. The molecule has 0 bridgehead atoms. The number of H-pyrrole nitrogens is 1. The van der Waals surface area contributed by atoms with E-state index in [-0.39, 0.29) is 11.8 Å². The molecule has 0 aromatic carbocycles. The number of anilines is 2. The molecule has 0 aliphatic carbocycles. The average molecular weight is 223 g/mol. The molecule has 0 spiro atoms. The Morgan fingerprint density at radius 1 is 1.62 bits per heavy atom. The number of hydrogen-bond acceptors (Lipinski definition) is 4. The summed E-state index contributed by atoms with van der Waals surface area (Å²) in [6.07, 6.45) is 3.48. The fourth-order valence-electron chi connectivity index (χ4n) is 2.19. The van der Waals surface area contributed by atoms with Crippen LogP contribution in [0.15, 0.2) is 6.20 Å². The van der Waals surface area contributed by atoms with Crippen LogP contribution in [0.25, 0.3) is 0 Å². The number of carbonyl (C=O) groups is 1. The van der Waals surface area contributed by atoms with Crippen LogP contribution in [0.3, 0.4) is 0 Å². The van der Waals surface area contributed by atoms with Gasteiger partial charge in [0.15, 0.2) is 0 Å². The van der Waals surface area contributed by atoms with E-state index in [1.54, 1.807) is 6.20 Å². The van der Waals surface area contributed by atoms with Crippen LogP contribution in [-0.4, -0.2) is 28.7 Å². The van der Waals surface area contributed by atoms with E-state index in [4.69, 9.17) is 11.5 Å². The molecular weight excluding hydrogens is 206 g/mol. The van der Waals surface area contributed by atoms with Crippen LogP contribution in [-0.2, 0) is 4.79 Å². The maximum Gasteiger partial charge on any atom is 0.222 e. The Balaban J connectivity index is 2.19. The van der Waals surface area contributed by atoms with Gasteiger partial charge in [-0.05, 0) is 19.8 Å². The number of piperidine rings is 1. The van der Waals surface area contributed by atoms with Crippen LogP contribution in [0.2, 0.25) is 0 Å². The van der Waals surface area contributed by atoms with Crippen molar-refractivity contribution in [3.63, 3.8) is 0 Å². The SMILES string of the molecule is CC1CCC(C(N)=O)CN1c1cn[nH]c1N. The fourth-order valence-corrected chi connectivity index (χ4v) is 2.19. The van der Waals surface area contributed by atoms with Gasteiger partial charge in [0.05, 0.1) is 17.8 Å². The number of aromatic nitrogens is 2. The first kappa shape index (κ1) is 10.8. The van der Waals surface area contributed by atoms with Crippen LogP contribution < -0.4 is 16.4 Å². The van der Waals surface area contributed by atoms with E-state index in [2.05, 4.69) is 22.0 Å². The highest BCUT2D eigenvalue weighted by molar-refractivity contribution is 5.78. The molecule has 1 saturated heterocycles. The van der Waals surface area contributed by atoms with Crippen LogP contribution in [0.5, 0.6) is 0 Å². The Hall–Kier alpha value is -1.72. The topological polar surface area (TPSA) is 101 Å². The molecule has 2 rings (SSSR count). The summed E-state index contributed by atoms with van der Waals surface area (Å²) in [6, 6.07) is 0.357. The minimum atomic E-state index is -0.237. The van der Waals surface area contributed by atoms with Crippen molar-refractivity contribution in [1.29, 1.82) is 0 Å². The summed E-state index contributed by atoms with van der Waals surface area (Å²) in [4.78, 5) is 13.3. The fraction of sp³-hybridized carbons (Fsp3) is 0.600. The molecular formula is C10H17N5O. The molecule has 0 saturated carbocycles. The van der Waals surface area contributed by atoms with Crippen molar-refractivity contribution in [1.82, 2.24) is 10.2 Å². The van der Waals surface area contributed by atoms with Gasteiger partial charge in [0.1, 0.15) is 5.82 Å². The molecule has 1 amide bonds. The zero-order chi connectivity index (χ0) is 11.7. The zero-order valence-corrected chi connectivity index (χ0v) is 9.31. The van der Waals surface area contributed by atoms with E-state index in [0.717, 1.165) is 18.5 Å². The number of rotatable bonds is 2. The third-order valence-corrected chi connectivity index (χ3v) is 3.24. The highest BCUT2D eigenvalue weighted by atomic mass is 16.1. The third kappa shape index (κ3) is 1.82. The van der Waals surface area contributed by atoms with E-state index in [0.29, 0.717) is 18.4 Å². The number of primary amides is 1.